The summed E-state index contributed by atoms with van der Waals surface area (Å²) in [5, 5.41) is 9.06. The first-order valence-electron chi connectivity index (χ1n) is 7.88. The van der Waals surface area contributed by atoms with Crippen molar-refractivity contribution in [2.45, 2.75) is 25.7 Å². The van der Waals surface area contributed by atoms with E-state index in [1.54, 1.807) is 19.4 Å². The van der Waals surface area contributed by atoms with Crippen LogP contribution in [0.3, 0.4) is 0 Å². The van der Waals surface area contributed by atoms with E-state index in [2.05, 4.69) is 22.1 Å². The number of pyridine rings is 2. The third-order valence-corrected chi connectivity index (χ3v) is 4.47. The Hall–Kier alpha value is -2.43. The molecule has 0 atom stereocenters. The Labute approximate surface area is 135 Å². The molecule has 2 aromatic heterocycles. The first-order valence-corrected chi connectivity index (χ1v) is 7.88. The van der Waals surface area contributed by atoms with Crippen LogP contribution in [0.2, 0.25) is 0 Å². The van der Waals surface area contributed by atoms with Crippen molar-refractivity contribution in [2.75, 3.05) is 7.11 Å². The van der Waals surface area contributed by atoms with E-state index in [1.807, 2.05) is 12.1 Å². The van der Waals surface area contributed by atoms with Crippen molar-refractivity contribution in [1.29, 1.82) is 0 Å². The molecule has 23 heavy (non-hydrogen) atoms. The summed E-state index contributed by atoms with van der Waals surface area (Å²) in [5.41, 5.74) is 2.67. The largest absolute Gasteiger partial charge is 0.481 e. The van der Waals surface area contributed by atoms with E-state index in [-0.39, 0.29) is 5.92 Å². The maximum atomic E-state index is 11.0. The van der Waals surface area contributed by atoms with Gasteiger partial charge in [-0.3, -0.25) is 9.78 Å². The molecule has 0 spiro atoms. The van der Waals surface area contributed by atoms with Crippen molar-refractivity contribution in [2.24, 2.45) is 11.8 Å². The number of allylic oxidation sites excluding steroid dienone is 1. The van der Waals surface area contributed by atoms with Gasteiger partial charge in [0.05, 0.1) is 24.1 Å². The van der Waals surface area contributed by atoms with Crippen molar-refractivity contribution < 1.29 is 14.6 Å². The number of aromatic nitrogens is 2. The van der Waals surface area contributed by atoms with Gasteiger partial charge in [-0.2, -0.15) is 0 Å². The second-order valence-corrected chi connectivity index (χ2v) is 5.93. The number of ether oxygens (including phenoxy) is 1. The zero-order chi connectivity index (χ0) is 16.2. The predicted octanol–water partition coefficient (Wildman–Crippen LogP) is 3.54. The molecule has 5 heteroatoms. The summed E-state index contributed by atoms with van der Waals surface area (Å²) < 4.78 is 5.19. The molecule has 1 aliphatic rings. The molecule has 1 saturated carbocycles. The smallest absolute Gasteiger partial charge is 0.306 e. The molecular formula is C18H20N2O3. The standard InChI is InChI=1S/C18H20N2O3/c1-23-16-9-8-15-17(20-16)13(10-11-19-15)5-2-12-3-6-14(7-4-12)18(21)22/h2,5,8-12,14H,3-4,6-7H2,1H3,(H,21,22)/b5-2+. The fourth-order valence-corrected chi connectivity index (χ4v) is 3.07. The molecule has 120 valence electrons. The highest BCUT2D eigenvalue weighted by Crippen LogP contribution is 2.30. The Kier molecular flexibility index (Phi) is 4.55. The first kappa shape index (κ1) is 15.5. The maximum absolute atomic E-state index is 11.0. The zero-order valence-corrected chi connectivity index (χ0v) is 13.1. The van der Waals surface area contributed by atoms with Crippen LogP contribution >= 0.6 is 0 Å². The second-order valence-electron chi connectivity index (χ2n) is 5.93. The minimum absolute atomic E-state index is 0.174. The third-order valence-electron chi connectivity index (χ3n) is 4.47. The summed E-state index contributed by atoms with van der Waals surface area (Å²) in [6.07, 6.45) is 9.38. The van der Waals surface area contributed by atoms with Gasteiger partial charge in [0.15, 0.2) is 0 Å². The van der Waals surface area contributed by atoms with Gasteiger partial charge in [0.1, 0.15) is 0 Å². The number of carbonyl (C=O) groups is 1. The van der Waals surface area contributed by atoms with Gasteiger partial charge in [-0.1, -0.05) is 12.2 Å². The molecule has 1 N–H and O–H groups in total. The van der Waals surface area contributed by atoms with Crippen molar-refractivity contribution in [1.82, 2.24) is 9.97 Å². The van der Waals surface area contributed by atoms with Gasteiger partial charge in [0.25, 0.3) is 0 Å². The van der Waals surface area contributed by atoms with E-state index < -0.39 is 5.97 Å². The zero-order valence-electron chi connectivity index (χ0n) is 13.1. The normalized spacial score (nSPS) is 21.6. The number of methoxy groups -OCH3 is 1. The summed E-state index contributed by atoms with van der Waals surface area (Å²) in [5.74, 6) is 0.165. The number of carboxylic acid groups (broad SMARTS) is 1. The van der Waals surface area contributed by atoms with Crippen LogP contribution in [0.5, 0.6) is 5.88 Å². The Morgan fingerprint density at radius 1 is 1.26 bits per heavy atom. The monoisotopic (exact) mass is 312 g/mol. The van der Waals surface area contributed by atoms with Crippen molar-refractivity contribution in [3.05, 3.63) is 36.0 Å². The highest BCUT2D eigenvalue weighted by Gasteiger charge is 2.24. The number of carboxylic acids is 1. The molecule has 5 nitrogen and oxygen atoms in total. The number of fused-ring (bicyclic) bond motifs is 1. The lowest BCUT2D eigenvalue weighted by molar-refractivity contribution is -0.142. The van der Waals surface area contributed by atoms with E-state index >= 15 is 0 Å². The number of hydrogen-bond acceptors (Lipinski definition) is 4. The molecule has 2 aromatic rings. The third kappa shape index (κ3) is 3.50. The minimum atomic E-state index is -0.663. The quantitative estimate of drug-likeness (QED) is 0.934. The van der Waals surface area contributed by atoms with Crippen LogP contribution in [0, 0.1) is 11.8 Å². The topological polar surface area (TPSA) is 72.3 Å². The summed E-state index contributed by atoms with van der Waals surface area (Å²) in [6, 6.07) is 5.64. The Balaban J connectivity index is 1.77. The molecule has 0 aromatic carbocycles. The number of rotatable bonds is 4. The summed E-state index contributed by atoms with van der Waals surface area (Å²) in [6.45, 7) is 0. The molecule has 0 amide bonds. The Bertz CT molecular complexity index is 734. The lowest BCUT2D eigenvalue weighted by Crippen LogP contribution is -2.20. The molecule has 2 heterocycles. The van der Waals surface area contributed by atoms with E-state index in [4.69, 9.17) is 9.84 Å². The van der Waals surface area contributed by atoms with Crippen molar-refractivity contribution in [3.63, 3.8) is 0 Å². The molecule has 3 rings (SSSR count). The summed E-state index contributed by atoms with van der Waals surface area (Å²) in [4.78, 5) is 19.8. The van der Waals surface area contributed by atoms with E-state index in [1.165, 1.54) is 0 Å². The maximum Gasteiger partial charge on any atom is 0.306 e. The minimum Gasteiger partial charge on any atom is -0.481 e. The second kappa shape index (κ2) is 6.77. The van der Waals surface area contributed by atoms with Crippen LogP contribution in [0.1, 0.15) is 31.2 Å². The number of aliphatic carboxylic acids is 1. The SMILES string of the molecule is COc1ccc2nccc(/C=C/C3CCC(C(=O)O)CC3)c2n1. The van der Waals surface area contributed by atoms with Gasteiger partial charge in [-0.25, -0.2) is 4.98 Å². The van der Waals surface area contributed by atoms with Gasteiger partial charge in [0.2, 0.25) is 5.88 Å². The van der Waals surface area contributed by atoms with Gasteiger partial charge in [-0.05, 0) is 43.7 Å². The molecule has 0 bridgehead atoms. The fourth-order valence-electron chi connectivity index (χ4n) is 3.07. The molecule has 1 aliphatic carbocycles. The van der Waals surface area contributed by atoms with Crippen LogP contribution in [-0.4, -0.2) is 28.2 Å². The van der Waals surface area contributed by atoms with Gasteiger partial charge >= 0.3 is 5.97 Å². The Morgan fingerprint density at radius 2 is 2.04 bits per heavy atom. The fraction of sp³-hybridized carbons (Fsp3) is 0.389. The van der Waals surface area contributed by atoms with Crippen molar-refractivity contribution >= 4 is 23.1 Å². The number of hydrogen-bond donors (Lipinski definition) is 1. The van der Waals surface area contributed by atoms with Crippen LogP contribution in [-0.2, 0) is 4.79 Å². The highest BCUT2D eigenvalue weighted by atomic mass is 16.5. The molecule has 0 unspecified atom stereocenters. The van der Waals surface area contributed by atoms with Crippen LogP contribution in [0.4, 0.5) is 0 Å². The van der Waals surface area contributed by atoms with Gasteiger partial charge in [0, 0.05) is 17.8 Å². The van der Waals surface area contributed by atoms with Crippen LogP contribution in [0.25, 0.3) is 17.1 Å². The number of nitrogens with zero attached hydrogens (tertiary/aromatic N) is 2. The van der Waals surface area contributed by atoms with Crippen LogP contribution in [0.15, 0.2) is 30.5 Å². The molecule has 0 saturated heterocycles. The first-order chi connectivity index (χ1) is 11.2. The Morgan fingerprint density at radius 3 is 2.74 bits per heavy atom. The van der Waals surface area contributed by atoms with E-state index in [0.29, 0.717) is 11.8 Å². The predicted molar refractivity (Wildman–Crippen MR) is 88.2 cm³/mol. The molecular weight excluding hydrogens is 292 g/mol. The van der Waals surface area contributed by atoms with Gasteiger partial charge < -0.3 is 9.84 Å². The highest BCUT2D eigenvalue weighted by molar-refractivity contribution is 5.84. The van der Waals surface area contributed by atoms with E-state index in [9.17, 15) is 4.79 Å². The van der Waals surface area contributed by atoms with Crippen molar-refractivity contribution in [3.8, 4) is 5.88 Å². The molecule has 0 aliphatic heterocycles. The average Bonchev–Trinajstić information content (AvgIpc) is 2.59. The van der Waals surface area contributed by atoms with Crippen LogP contribution < -0.4 is 4.74 Å². The van der Waals surface area contributed by atoms with E-state index in [0.717, 1.165) is 42.3 Å². The summed E-state index contributed by atoms with van der Waals surface area (Å²) in [7, 11) is 1.60. The molecule has 0 radical (unpaired) electrons. The lowest BCUT2D eigenvalue weighted by Gasteiger charge is -2.23. The average molecular weight is 312 g/mol. The lowest BCUT2D eigenvalue weighted by atomic mass is 9.82. The van der Waals surface area contributed by atoms with Gasteiger partial charge in [-0.15, -0.1) is 0 Å². The molecule has 1 fully saturated rings. The summed E-state index contributed by atoms with van der Waals surface area (Å²) >= 11 is 0.